The van der Waals surface area contributed by atoms with Crippen LogP contribution in [0.3, 0.4) is 0 Å². The van der Waals surface area contributed by atoms with Crippen LogP contribution in [0.15, 0.2) is 24.3 Å². The van der Waals surface area contributed by atoms with Crippen molar-refractivity contribution in [2.75, 3.05) is 5.75 Å². The van der Waals surface area contributed by atoms with Crippen LogP contribution in [-0.2, 0) is 10.0 Å². The molecule has 0 radical (unpaired) electrons. The van der Waals surface area contributed by atoms with E-state index in [1.54, 1.807) is 0 Å². The van der Waals surface area contributed by atoms with Gasteiger partial charge >= 0.3 is 0 Å². The molecule has 1 aromatic rings. The van der Waals surface area contributed by atoms with Crippen LogP contribution in [0.2, 0.25) is 0 Å². The number of carbonyl (C=O) groups is 1. The normalized spacial score (nSPS) is 11.1. The predicted octanol–water partition coefficient (Wildman–Crippen LogP) is 0.905. The van der Waals surface area contributed by atoms with Gasteiger partial charge in [-0.25, -0.2) is 17.5 Å². The van der Waals surface area contributed by atoms with Crippen molar-refractivity contribution >= 4 is 15.9 Å². The zero-order valence-electron chi connectivity index (χ0n) is 8.03. The van der Waals surface area contributed by atoms with E-state index in [1.165, 1.54) is 25.1 Å². The monoisotopic (exact) mass is 231 g/mol. The van der Waals surface area contributed by atoms with Gasteiger partial charge in [0.2, 0.25) is 10.0 Å². The van der Waals surface area contributed by atoms with Crippen LogP contribution in [0, 0.1) is 5.82 Å². The maximum absolute atomic E-state index is 12.7. The summed E-state index contributed by atoms with van der Waals surface area (Å²) in [6, 6.07) is 4.82. The Bertz CT molecular complexity index is 470. The maximum Gasteiger partial charge on any atom is 0.264 e. The van der Waals surface area contributed by atoms with Gasteiger partial charge in [0.25, 0.3) is 5.91 Å². The first kappa shape index (κ1) is 11.6. The minimum Gasteiger partial charge on any atom is -0.268 e. The molecular formula is C9H10FNO3S. The highest BCUT2D eigenvalue weighted by molar-refractivity contribution is 7.90. The van der Waals surface area contributed by atoms with Crippen molar-refractivity contribution in [2.24, 2.45) is 0 Å². The molecule has 4 nitrogen and oxygen atoms in total. The third-order valence-corrected chi connectivity index (χ3v) is 2.97. The lowest BCUT2D eigenvalue weighted by molar-refractivity contribution is 0.0981. The average Bonchev–Trinajstić information content (AvgIpc) is 2.17. The quantitative estimate of drug-likeness (QED) is 0.840. The molecule has 1 aromatic carbocycles. The van der Waals surface area contributed by atoms with Crippen molar-refractivity contribution < 1.29 is 17.6 Å². The minimum absolute atomic E-state index is 0.0213. The summed E-state index contributed by atoms with van der Waals surface area (Å²) in [5.41, 5.74) is -0.0213. The lowest BCUT2D eigenvalue weighted by Crippen LogP contribution is -2.31. The molecule has 0 spiro atoms. The Labute approximate surface area is 87.2 Å². The van der Waals surface area contributed by atoms with Crippen molar-refractivity contribution in [3.05, 3.63) is 35.6 Å². The molecule has 0 saturated heterocycles. The van der Waals surface area contributed by atoms with Crippen LogP contribution in [0.5, 0.6) is 0 Å². The Kier molecular flexibility index (Phi) is 3.41. The molecule has 0 aromatic heterocycles. The third-order valence-electron chi connectivity index (χ3n) is 1.72. The van der Waals surface area contributed by atoms with Gasteiger partial charge in [-0.15, -0.1) is 0 Å². The molecule has 0 bridgehead atoms. The number of hydrogen-bond donors (Lipinski definition) is 1. The summed E-state index contributed by atoms with van der Waals surface area (Å²) in [7, 11) is -3.60. The fourth-order valence-corrected chi connectivity index (χ4v) is 1.45. The van der Waals surface area contributed by atoms with E-state index in [-0.39, 0.29) is 11.3 Å². The van der Waals surface area contributed by atoms with Gasteiger partial charge in [0.05, 0.1) is 5.75 Å². The second kappa shape index (κ2) is 4.39. The summed E-state index contributed by atoms with van der Waals surface area (Å²) in [5, 5.41) is 0. The van der Waals surface area contributed by atoms with E-state index < -0.39 is 21.7 Å². The summed E-state index contributed by atoms with van der Waals surface area (Å²) >= 11 is 0. The fraction of sp³-hybridized carbons (Fsp3) is 0.222. The number of sulfonamides is 1. The zero-order valence-corrected chi connectivity index (χ0v) is 8.84. The second-order valence-electron chi connectivity index (χ2n) is 2.84. The van der Waals surface area contributed by atoms with Gasteiger partial charge in [0.15, 0.2) is 0 Å². The summed E-state index contributed by atoms with van der Waals surface area (Å²) in [4.78, 5) is 11.3. The zero-order chi connectivity index (χ0) is 11.5. The van der Waals surface area contributed by atoms with Gasteiger partial charge in [-0.3, -0.25) is 4.79 Å². The van der Waals surface area contributed by atoms with Crippen molar-refractivity contribution in [3.63, 3.8) is 0 Å². The highest BCUT2D eigenvalue weighted by Crippen LogP contribution is 2.03. The molecule has 0 aliphatic rings. The van der Waals surface area contributed by atoms with Gasteiger partial charge in [0, 0.05) is 5.56 Å². The van der Waals surface area contributed by atoms with Gasteiger partial charge < -0.3 is 0 Å². The smallest absolute Gasteiger partial charge is 0.264 e. The number of halogens is 1. The molecule has 0 unspecified atom stereocenters. The lowest BCUT2D eigenvalue weighted by atomic mass is 10.2. The molecule has 1 rings (SSSR count). The lowest BCUT2D eigenvalue weighted by Gasteiger charge is -2.04. The van der Waals surface area contributed by atoms with Crippen LogP contribution < -0.4 is 4.72 Å². The van der Waals surface area contributed by atoms with E-state index in [9.17, 15) is 17.6 Å². The Balaban J connectivity index is 2.87. The number of amides is 1. The predicted molar refractivity (Wildman–Crippen MR) is 53.3 cm³/mol. The van der Waals surface area contributed by atoms with E-state index in [4.69, 9.17) is 0 Å². The molecule has 0 saturated carbocycles. The molecule has 6 heteroatoms. The van der Waals surface area contributed by atoms with Crippen molar-refractivity contribution in [3.8, 4) is 0 Å². The maximum atomic E-state index is 12.7. The SMILES string of the molecule is CCS(=O)(=O)NC(=O)c1cccc(F)c1. The summed E-state index contributed by atoms with van der Waals surface area (Å²) in [5.74, 6) is -1.61. The fourth-order valence-electron chi connectivity index (χ4n) is 0.902. The number of carbonyl (C=O) groups excluding carboxylic acids is 1. The van der Waals surface area contributed by atoms with Crippen molar-refractivity contribution in [1.82, 2.24) is 4.72 Å². The number of nitrogens with one attached hydrogen (secondary N) is 1. The van der Waals surface area contributed by atoms with E-state index >= 15 is 0 Å². The minimum atomic E-state index is -3.60. The first-order valence-electron chi connectivity index (χ1n) is 4.25. The van der Waals surface area contributed by atoms with Crippen LogP contribution >= 0.6 is 0 Å². The van der Waals surface area contributed by atoms with Gasteiger partial charge in [0.1, 0.15) is 5.82 Å². The first-order valence-corrected chi connectivity index (χ1v) is 5.90. The van der Waals surface area contributed by atoms with Crippen LogP contribution in [0.25, 0.3) is 0 Å². The third kappa shape index (κ3) is 3.32. The molecule has 15 heavy (non-hydrogen) atoms. The molecule has 1 amide bonds. The topological polar surface area (TPSA) is 63.2 Å². The molecule has 0 fully saturated rings. The van der Waals surface area contributed by atoms with E-state index in [1.807, 2.05) is 4.72 Å². The second-order valence-corrected chi connectivity index (χ2v) is 4.86. The number of hydrogen-bond acceptors (Lipinski definition) is 3. The van der Waals surface area contributed by atoms with Crippen LogP contribution in [0.1, 0.15) is 17.3 Å². The average molecular weight is 231 g/mol. The number of rotatable bonds is 3. The van der Waals surface area contributed by atoms with Crippen molar-refractivity contribution in [2.45, 2.75) is 6.92 Å². The Morgan fingerprint density at radius 2 is 2.13 bits per heavy atom. The summed E-state index contributed by atoms with van der Waals surface area (Å²) in [6.45, 7) is 1.40. The Hall–Kier alpha value is -1.43. The van der Waals surface area contributed by atoms with Gasteiger partial charge in [-0.05, 0) is 25.1 Å². The summed E-state index contributed by atoms with van der Waals surface area (Å²) in [6.07, 6.45) is 0. The largest absolute Gasteiger partial charge is 0.268 e. The molecular weight excluding hydrogens is 221 g/mol. The Morgan fingerprint density at radius 1 is 1.47 bits per heavy atom. The molecule has 0 atom stereocenters. The van der Waals surface area contributed by atoms with Crippen molar-refractivity contribution in [1.29, 1.82) is 0 Å². The molecule has 1 N–H and O–H groups in total. The van der Waals surface area contributed by atoms with Crippen LogP contribution in [0.4, 0.5) is 4.39 Å². The van der Waals surface area contributed by atoms with E-state index in [2.05, 4.69) is 0 Å². The molecule has 0 aliphatic carbocycles. The first-order chi connectivity index (χ1) is 6.94. The molecule has 0 heterocycles. The molecule has 82 valence electrons. The summed E-state index contributed by atoms with van der Waals surface area (Å²) < 4.78 is 36.6. The highest BCUT2D eigenvalue weighted by Gasteiger charge is 2.13. The molecule has 0 aliphatic heterocycles. The van der Waals surface area contributed by atoms with Crippen LogP contribution in [-0.4, -0.2) is 20.1 Å². The highest BCUT2D eigenvalue weighted by atomic mass is 32.2. The van der Waals surface area contributed by atoms with E-state index in [0.717, 1.165) is 6.07 Å². The van der Waals surface area contributed by atoms with Gasteiger partial charge in [-0.1, -0.05) is 6.07 Å². The number of benzene rings is 1. The Morgan fingerprint density at radius 3 is 2.67 bits per heavy atom. The standard InChI is InChI=1S/C9H10FNO3S/c1-2-15(13,14)11-9(12)7-4-3-5-8(10)6-7/h3-6H,2H2,1H3,(H,11,12). The van der Waals surface area contributed by atoms with E-state index in [0.29, 0.717) is 0 Å². The van der Waals surface area contributed by atoms with Gasteiger partial charge in [-0.2, -0.15) is 0 Å².